The molecule has 3 atom stereocenters. The Morgan fingerprint density at radius 1 is 0.953 bits per heavy atom. The van der Waals surface area contributed by atoms with Gasteiger partial charge in [-0.05, 0) is 66.0 Å². The van der Waals surface area contributed by atoms with Gasteiger partial charge in [-0.2, -0.15) is 0 Å². The summed E-state index contributed by atoms with van der Waals surface area (Å²) in [6, 6.07) is 18.6. The van der Waals surface area contributed by atoms with Crippen molar-refractivity contribution in [1.82, 2.24) is 10.3 Å². The van der Waals surface area contributed by atoms with Gasteiger partial charge in [0.2, 0.25) is 0 Å². The predicted octanol–water partition coefficient (Wildman–Crippen LogP) is 7.30. The number of aliphatic carboxylic acids is 1. The zero-order chi connectivity index (χ0) is 30.3. The highest BCUT2D eigenvalue weighted by Crippen LogP contribution is 2.35. The quantitative estimate of drug-likeness (QED) is 0.0741. The SMILES string of the molecule is NC1=NCCC(C(=CC(=O)O)C(CCC(CCCCCCCCCCO)c2ccc3ccccc3c2)[N-]c2ccc[nH]2)N1. The first-order chi connectivity index (χ1) is 21.0. The summed E-state index contributed by atoms with van der Waals surface area (Å²) in [6.45, 7) is 0.846. The van der Waals surface area contributed by atoms with Crippen molar-refractivity contribution in [3.05, 3.63) is 83.3 Å². The number of fused-ring (bicyclic) bond motifs is 1. The molecule has 232 valence electrons. The van der Waals surface area contributed by atoms with Crippen LogP contribution in [0.2, 0.25) is 0 Å². The average molecular weight is 587 g/mol. The van der Waals surface area contributed by atoms with Gasteiger partial charge in [0, 0.05) is 19.2 Å². The molecule has 3 aromatic rings. The molecule has 6 N–H and O–H groups in total. The number of aliphatic imine (C=N–C) groups is 1. The van der Waals surface area contributed by atoms with E-state index in [0.717, 1.165) is 49.9 Å². The van der Waals surface area contributed by atoms with Gasteiger partial charge in [-0.1, -0.05) is 112 Å². The number of carboxylic acids is 1. The minimum atomic E-state index is -0.980. The van der Waals surface area contributed by atoms with Gasteiger partial charge in [0.1, 0.15) is 0 Å². The molecule has 8 heteroatoms. The Balaban J connectivity index is 1.49. The van der Waals surface area contributed by atoms with E-state index in [1.807, 2.05) is 18.3 Å². The van der Waals surface area contributed by atoms with Crippen LogP contribution in [-0.2, 0) is 4.79 Å². The van der Waals surface area contributed by atoms with Crippen molar-refractivity contribution < 1.29 is 15.0 Å². The second-order valence-electron chi connectivity index (χ2n) is 11.7. The molecule has 1 aliphatic heterocycles. The largest absolute Gasteiger partial charge is 0.478 e. The highest BCUT2D eigenvalue weighted by Gasteiger charge is 2.25. The Labute approximate surface area is 255 Å². The number of aliphatic hydroxyl groups is 1. The Kier molecular flexibility index (Phi) is 13.0. The summed E-state index contributed by atoms with van der Waals surface area (Å²) in [5, 5.41) is 29.5. The van der Waals surface area contributed by atoms with Crippen LogP contribution in [0.1, 0.15) is 88.5 Å². The first-order valence-corrected chi connectivity index (χ1v) is 16.0. The molecule has 3 unspecified atom stereocenters. The van der Waals surface area contributed by atoms with E-state index in [9.17, 15) is 9.90 Å². The molecule has 0 spiro atoms. The van der Waals surface area contributed by atoms with Gasteiger partial charge in [-0.3, -0.25) is 4.99 Å². The highest BCUT2D eigenvalue weighted by molar-refractivity contribution is 5.84. The van der Waals surface area contributed by atoms with Crippen LogP contribution in [0.3, 0.4) is 0 Å². The fraction of sp³-hybridized carbons (Fsp3) is 0.486. The molecule has 8 nitrogen and oxygen atoms in total. The van der Waals surface area contributed by atoms with Crippen LogP contribution >= 0.6 is 0 Å². The Morgan fingerprint density at radius 3 is 2.40 bits per heavy atom. The van der Waals surface area contributed by atoms with Crippen LogP contribution in [-0.4, -0.2) is 52.4 Å². The maximum Gasteiger partial charge on any atom is 0.328 e. The van der Waals surface area contributed by atoms with Crippen LogP contribution in [0.15, 0.2) is 77.4 Å². The molecule has 2 heterocycles. The van der Waals surface area contributed by atoms with E-state index in [1.165, 1.54) is 54.5 Å². The number of hydrogen-bond acceptors (Lipinski definition) is 5. The molecule has 0 saturated carbocycles. The highest BCUT2D eigenvalue weighted by atomic mass is 16.4. The van der Waals surface area contributed by atoms with E-state index in [2.05, 4.69) is 57.8 Å². The van der Waals surface area contributed by atoms with Crippen molar-refractivity contribution in [3.8, 4) is 0 Å². The second-order valence-corrected chi connectivity index (χ2v) is 11.7. The van der Waals surface area contributed by atoms with Crippen molar-refractivity contribution >= 4 is 28.5 Å². The number of rotatable bonds is 19. The number of guanidine groups is 1. The molecule has 0 radical (unpaired) electrons. The lowest BCUT2D eigenvalue weighted by Gasteiger charge is -2.35. The number of nitrogens with two attached hydrogens (primary N) is 1. The molecule has 0 bridgehead atoms. The first-order valence-electron chi connectivity index (χ1n) is 16.0. The fourth-order valence-electron chi connectivity index (χ4n) is 6.17. The van der Waals surface area contributed by atoms with Gasteiger partial charge in [-0.15, -0.1) is 0 Å². The molecule has 0 amide bonds. The molecular formula is C35H48N5O3-. The Hall–Kier alpha value is -3.78. The van der Waals surface area contributed by atoms with Gasteiger partial charge in [0.15, 0.2) is 5.96 Å². The maximum absolute atomic E-state index is 12.0. The number of carboxylic acid groups (broad SMARTS) is 1. The van der Waals surface area contributed by atoms with Crippen LogP contribution in [0.25, 0.3) is 16.1 Å². The molecule has 0 aliphatic carbocycles. The lowest BCUT2D eigenvalue weighted by molar-refractivity contribution is -0.131. The third-order valence-electron chi connectivity index (χ3n) is 8.47. The van der Waals surface area contributed by atoms with Crippen LogP contribution in [0.4, 0.5) is 5.82 Å². The molecule has 0 fully saturated rings. The molecular weight excluding hydrogens is 538 g/mol. The molecule has 2 aromatic carbocycles. The second kappa shape index (κ2) is 17.4. The molecule has 43 heavy (non-hydrogen) atoms. The van der Waals surface area contributed by atoms with Crippen molar-refractivity contribution in [1.29, 1.82) is 0 Å². The average Bonchev–Trinajstić information content (AvgIpc) is 3.53. The van der Waals surface area contributed by atoms with E-state index < -0.39 is 5.97 Å². The van der Waals surface area contributed by atoms with E-state index in [-0.39, 0.29) is 12.1 Å². The zero-order valence-corrected chi connectivity index (χ0v) is 25.3. The number of nitrogens with zero attached hydrogens (tertiary/aromatic N) is 2. The van der Waals surface area contributed by atoms with E-state index in [1.54, 1.807) is 0 Å². The number of unbranched alkanes of at least 4 members (excludes halogenated alkanes) is 7. The topological polar surface area (TPSA) is 138 Å². The van der Waals surface area contributed by atoms with E-state index in [4.69, 9.17) is 16.2 Å². The summed E-state index contributed by atoms with van der Waals surface area (Å²) >= 11 is 0. The number of aromatic amines is 1. The summed E-state index contributed by atoms with van der Waals surface area (Å²) in [7, 11) is 0. The first kappa shape index (κ1) is 32.1. The van der Waals surface area contributed by atoms with Crippen molar-refractivity contribution in [2.45, 2.75) is 95.1 Å². The molecule has 4 rings (SSSR count). The lowest BCUT2D eigenvalue weighted by atomic mass is 9.84. The van der Waals surface area contributed by atoms with Crippen molar-refractivity contribution in [2.75, 3.05) is 13.2 Å². The summed E-state index contributed by atoms with van der Waals surface area (Å²) in [5.74, 6) is 0.438. The Bertz CT molecular complexity index is 1320. The van der Waals surface area contributed by atoms with Crippen molar-refractivity contribution in [3.63, 3.8) is 0 Å². The number of aromatic nitrogens is 1. The normalized spacial score (nSPS) is 16.8. The van der Waals surface area contributed by atoms with Gasteiger partial charge in [0.05, 0.1) is 6.04 Å². The fourth-order valence-corrected chi connectivity index (χ4v) is 6.17. The van der Waals surface area contributed by atoms with Crippen LogP contribution in [0.5, 0.6) is 0 Å². The minimum Gasteiger partial charge on any atom is -0.478 e. The summed E-state index contributed by atoms with van der Waals surface area (Å²) in [4.78, 5) is 19.4. The van der Waals surface area contributed by atoms with Crippen molar-refractivity contribution in [2.24, 2.45) is 10.7 Å². The van der Waals surface area contributed by atoms with Gasteiger partial charge < -0.3 is 31.6 Å². The predicted molar refractivity (Wildman–Crippen MR) is 176 cm³/mol. The van der Waals surface area contributed by atoms with Crippen LogP contribution < -0.4 is 11.1 Å². The molecule has 0 saturated heterocycles. The standard InChI is InChI=1S/C35H48N5O3/c36-35-38-22-20-32(40-35)30(25-34(42)43)31(39-33-15-11-21-37-33)19-18-27(12-7-5-3-1-2-4-6-10-23-41)29-17-16-26-13-8-9-14-28(26)24-29/h8-9,11,13-17,21,24-25,27,31-32,37,41H,1-7,10,12,18-20,22-23H2,(H,42,43)(H3,36,38,40)/q-1. The number of carbonyl (C=O) groups is 1. The summed E-state index contributed by atoms with van der Waals surface area (Å²) in [5.41, 5.74) is 8.08. The molecule has 1 aliphatic rings. The number of H-pyrrole nitrogens is 1. The summed E-state index contributed by atoms with van der Waals surface area (Å²) in [6.07, 6.45) is 15.8. The lowest BCUT2D eigenvalue weighted by Crippen LogP contribution is -2.46. The zero-order valence-electron chi connectivity index (χ0n) is 25.3. The Morgan fingerprint density at radius 2 is 1.70 bits per heavy atom. The third-order valence-corrected chi connectivity index (χ3v) is 8.47. The smallest absolute Gasteiger partial charge is 0.328 e. The summed E-state index contributed by atoms with van der Waals surface area (Å²) < 4.78 is 0. The monoisotopic (exact) mass is 586 g/mol. The van der Waals surface area contributed by atoms with Gasteiger partial charge in [0.25, 0.3) is 0 Å². The molecule has 1 aromatic heterocycles. The number of nitrogens with one attached hydrogen (secondary N) is 2. The maximum atomic E-state index is 12.0. The van der Waals surface area contributed by atoms with Gasteiger partial charge in [-0.25, -0.2) is 4.79 Å². The minimum absolute atomic E-state index is 0.228. The third kappa shape index (κ3) is 10.5. The van der Waals surface area contributed by atoms with Gasteiger partial charge >= 0.3 is 5.97 Å². The van der Waals surface area contributed by atoms with Crippen LogP contribution in [0, 0.1) is 0 Å². The van der Waals surface area contributed by atoms with E-state index >= 15 is 0 Å². The van der Waals surface area contributed by atoms with E-state index in [0.29, 0.717) is 31.4 Å². The number of benzene rings is 2. The number of aliphatic hydroxyl groups excluding tert-OH is 1. The number of hydrogen-bond donors (Lipinski definition) is 5.